The second-order valence-corrected chi connectivity index (χ2v) is 19.3. The number of amides is 4. The minimum absolute atomic E-state index is 0.0318. The molecule has 0 aliphatic carbocycles. The lowest BCUT2D eigenvalue weighted by Crippen LogP contribution is -2.58. The van der Waals surface area contributed by atoms with E-state index in [0.717, 1.165) is 43.8 Å². The lowest BCUT2D eigenvalue weighted by molar-refractivity contribution is -0.144. The predicted molar refractivity (Wildman–Crippen MR) is 269 cm³/mol. The smallest absolute Gasteiger partial charge is 0.259 e. The number of aliphatic hydroxyl groups is 1. The number of likely N-dealkylation sites (N-methyl/N-ethyl adjacent to an activating group) is 1. The van der Waals surface area contributed by atoms with Crippen molar-refractivity contribution < 1.29 is 48.0 Å². The minimum atomic E-state index is -0.987. The number of β-amino-alcohol motifs (C(OH)–C–C–N with tert-alkyl or cyclic N) is 1. The molecule has 0 spiro atoms. The van der Waals surface area contributed by atoms with Crippen molar-refractivity contribution >= 4 is 45.7 Å². The van der Waals surface area contributed by atoms with Crippen LogP contribution in [0.1, 0.15) is 44.0 Å². The van der Waals surface area contributed by atoms with Crippen LogP contribution < -0.4 is 31.0 Å². The molecule has 20 heteroatoms. The molecule has 3 atom stereocenters. The van der Waals surface area contributed by atoms with Crippen LogP contribution in [-0.4, -0.2) is 152 Å². The van der Waals surface area contributed by atoms with Crippen LogP contribution in [0, 0.1) is 12.3 Å². The predicted octanol–water partition coefficient (Wildman–Crippen LogP) is 3.46. The molecular formula is C51H66N8O11S. The Morgan fingerprint density at radius 2 is 1.59 bits per heavy atom. The molecule has 4 N–H and O–H groups in total. The normalized spacial score (nSPS) is 15.2. The van der Waals surface area contributed by atoms with E-state index >= 15 is 0 Å². The Morgan fingerprint density at radius 1 is 0.915 bits per heavy atom. The monoisotopic (exact) mass is 998 g/mol. The molecule has 71 heavy (non-hydrogen) atoms. The Morgan fingerprint density at radius 3 is 2.24 bits per heavy atom. The van der Waals surface area contributed by atoms with Crippen molar-refractivity contribution in [3.8, 4) is 33.1 Å². The van der Waals surface area contributed by atoms with E-state index in [1.54, 1.807) is 56.7 Å². The van der Waals surface area contributed by atoms with Crippen LogP contribution in [0.15, 0.2) is 71.4 Å². The van der Waals surface area contributed by atoms with Crippen molar-refractivity contribution in [3.05, 3.63) is 93.7 Å². The lowest BCUT2D eigenvalue weighted by Gasteiger charge is -2.35. The fourth-order valence-corrected chi connectivity index (χ4v) is 9.13. The summed E-state index contributed by atoms with van der Waals surface area (Å²) in [7, 11) is 6.67. The van der Waals surface area contributed by atoms with Gasteiger partial charge in [-0.25, -0.2) is 4.98 Å². The van der Waals surface area contributed by atoms with Gasteiger partial charge in [-0.3, -0.25) is 33.9 Å². The molecule has 0 radical (unpaired) electrons. The summed E-state index contributed by atoms with van der Waals surface area (Å²) in [5.41, 5.74) is 6.20. The van der Waals surface area contributed by atoms with Crippen LogP contribution in [0.2, 0.25) is 0 Å². The Balaban J connectivity index is 0.852. The van der Waals surface area contributed by atoms with Crippen molar-refractivity contribution in [1.82, 2.24) is 40.3 Å². The van der Waals surface area contributed by atoms with Gasteiger partial charge in [0.15, 0.2) is 0 Å². The van der Waals surface area contributed by atoms with Gasteiger partial charge in [-0.15, -0.1) is 11.3 Å². The van der Waals surface area contributed by atoms with Gasteiger partial charge in [0, 0.05) is 63.8 Å². The molecule has 382 valence electrons. The van der Waals surface area contributed by atoms with Crippen LogP contribution >= 0.6 is 11.3 Å². The fourth-order valence-electron chi connectivity index (χ4n) is 8.31. The SMILES string of the molecule is COc1cc(-c2cn(C)c(=O)c3cnccc23)cc(OC)c1CN(C)CC(=O)NCCOCCOCCOCC(=O)NC(C(=O)N1CC(O)CC1C(=O)NCc1ccc(-c2scnc2C)cc1)C(C)(C)C. The largest absolute Gasteiger partial charge is 0.496 e. The van der Waals surface area contributed by atoms with Crippen LogP contribution in [0.25, 0.3) is 32.3 Å². The number of nitrogens with zero attached hydrogens (tertiary/aromatic N) is 5. The number of hydrogen-bond acceptors (Lipinski definition) is 15. The average molecular weight is 999 g/mol. The number of aliphatic hydroxyl groups excluding tert-OH is 1. The van der Waals surface area contributed by atoms with E-state index in [-0.39, 0.29) is 83.1 Å². The van der Waals surface area contributed by atoms with Crippen molar-refractivity contribution in [2.75, 3.05) is 80.5 Å². The second kappa shape index (κ2) is 25.2. The fraction of sp³-hybridized carbons (Fsp3) is 0.471. The molecule has 1 aliphatic rings. The summed E-state index contributed by atoms with van der Waals surface area (Å²) >= 11 is 1.56. The molecule has 5 aromatic rings. The number of rotatable bonds is 24. The molecule has 4 amide bonds. The van der Waals surface area contributed by atoms with Crippen LogP contribution in [0.4, 0.5) is 0 Å². The molecule has 3 aromatic heterocycles. The average Bonchev–Trinajstić information content (AvgIpc) is 3.97. The summed E-state index contributed by atoms with van der Waals surface area (Å²) in [6.07, 6.45) is 4.19. The van der Waals surface area contributed by atoms with Crippen molar-refractivity contribution in [2.45, 2.75) is 65.4 Å². The summed E-state index contributed by atoms with van der Waals surface area (Å²) in [4.78, 5) is 78.6. The molecule has 2 aromatic carbocycles. The topological polar surface area (TPSA) is 225 Å². The number of thiazole rings is 1. The summed E-state index contributed by atoms with van der Waals surface area (Å²) in [6, 6.07) is 11.5. The summed E-state index contributed by atoms with van der Waals surface area (Å²) in [6.45, 7) is 9.19. The van der Waals surface area contributed by atoms with Gasteiger partial charge in [0.2, 0.25) is 23.6 Å². The molecule has 1 fully saturated rings. The molecule has 0 bridgehead atoms. The highest BCUT2D eigenvalue weighted by Crippen LogP contribution is 2.38. The number of aryl methyl sites for hydroxylation is 2. The number of aromatic nitrogens is 3. The number of nitrogens with one attached hydrogen (secondary N) is 3. The number of pyridine rings is 2. The highest BCUT2D eigenvalue weighted by Gasteiger charge is 2.44. The molecule has 1 saturated heterocycles. The maximum atomic E-state index is 13.9. The highest BCUT2D eigenvalue weighted by molar-refractivity contribution is 7.13. The molecule has 4 heterocycles. The molecule has 19 nitrogen and oxygen atoms in total. The first-order valence-corrected chi connectivity index (χ1v) is 24.3. The zero-order chi connectivity index (χ0) is 51.2. The first kappa shape index (κ1) is 54.1. The highest BCUT2D eigenvalue weighted by atomic mass is 32.1. The number of hydrogen-bond donors (Lipinski definition) is 4. The summed E-state index contributed by atoms with van der Waals surface area (Å²) < 4.78 is 29.8. The number of benzene rings is 2. The first-order chi connectivity index (χ1) is 34.0. The zero-order valence-electron chi connectivity index (χ0n) is 41.7. The third kappa shape index (κ3) is 14.4. The lowest BCUT2D eigenvalue weighted by atomic mass is 9.85. The van der Waals surface area contributed by atoms with Gasteiger partial charge in [-0.05, 0) is 59.7 Å². The second-order valence-electron chi connectivity index (χ2n) is 18.5. The van der Waals surface area contributed by atoms with Crippen LogP contribution in [0.5, 0.6) is 11.5 Å². The van der Waals surface area contributed by atoms with Gasteiger partial charge < -0.3 is 54.2 Å². The summed E-state index contributed by atoms with van der Waals surface area (Å²) in [5, 5.41) is 20.4. The third-order valence-electron chi connectivity index (χ3n) is 12.0. The van der Waals surface area contributed by atoms with Gasteiger partial charge in [0.1, 0.15) is 30.2 Å². The minimum Gasteiger partial charge on any atom is -0.496 e. The zero-order valence-corrected chi connectivity index (χ0v) is 42.6. The van der Waals surface area contributed by atoms with E-state index in [4.69, 9.17) is 23.7 Å². The third-order valence-corrected chi connectivity index (χ3v) is 13.0. The number of carbonyl (C=O) groups excluding carboxylic acids is 4. The van der Waals surface area contributed by atoms with E-state index in [1.165, 1.54) is 9.47 Å². The van der Waals surface area contributed by atoms with Gasteiger partial charge in [-0.2, -0.15) is 0 Å². The van der Waals surface area contributed by atoms with E-state index in [9.17, 15) is 29.1 Å². The number of fused-ring (bicyclic) bond motifs is 1. The number of carbonyl (C=O) groups is 4. The van der Waals surface area contributed by atoms with Crippen molar-refractivity contribution in [1.29, 1.82) is 0 Å². The molecule has 6 rings (SSSR count). The summed E-state index contributed by atoms with van der Waals surface area (Å²) in [5.74, 6) is -0.397. The molecule has 3 unspecified atom stereocenters. The Labute approximate surface area is 417 Å². The molecular weight excluding hydrogens is 933 g/mol. The number of methoxy groups -OCH3 is 2. The maximum absolute atomic E-state index is 13.9. The Kier molecular flexibility index (Phi) is 19.2. The van der Waals surface area contributed by atoms with Gasteiger partial charge >= 0.3 is 0 Å². The van der Waals surface area contributed by atoms with E-state index in [0.29, 0.717) is 30.0 Å². The van der Waals surface area contributed by atoms with Gasteiger partial charge in [0.25, 0.3) is 5.56 Å². The molecule has 1 aliphatic heterocycles. The van der Waals surface area contributed by atoms with Crippen molar-refractivity contribution in [3.63, 3.8) is 0 Å². The first-order valence-electron chi connectivity index (χ1n) is 23.4. The molecule has 0 saturated carbocycles. The van der Waals surface area contributed by atoms with Crippen molar-refractivity contribution in [2.24, 2.45) is 12.5 Å². The maximum Gasteiger partial charge on any atom is 0.259 e. The van der Waals surface area contributed by atoms with Crippen LogP contribution in [0.3, 0.4) is 0 Å². The van der Waals surface area contributed by atoms with Gasteiger partial charge in [0.05, 0.1) is 86.9 Å². The van der Waals surface area contributed by atoms with Gasteiger partial charge in [-0.1, -0.05) is 45.0 Å². The number of likely N-dealkylation sites (tertiary alicyclic amines) is 1. The standard InChI is InChI=1S/C51H66N8O11S/c1-32-46(71-31-55-32)34-11-9-33(10-12-34)24-54-48(63)41-23-36(60)26-59(41)50(65)47(51(2,3)4)56-45(62)30-70-20-19-69-18-17-68-16-15-53-44(61)29-57(5)27-40-42(66-7)21-35(22-43(40)67-8)39-28-58(6)49(64)38-25-52-14-13-37(38)39/h9-14,21-22,25,28,31,36,41,47,60H,15-20,23-24,26-27,29-30H2,1-8H3,(H,53,61)(H,54,63)(H,56,62). The quantitative estimate of drug-likeness (QED) is 0.0651. The van der Waals surface area contributed by atoms with E-state index in [1.807, 2.05) is 82.1 Å². The Hall–Kier alpha value is -6.29. The van der Waals surface area contributed by atoms with Crippen LogP contribution in [-0.2, 0) is 53.5 Å². The van der Waals surface area contributed by atoms with E-state index < -0.39 is 35.4 Å². The Bertz CT molecular complexity index is 2660. The number of ether oxygens (including phenoxy) is 5. The van der Waals surface area contributed by atoms with E-state index in [2.05, 4.69) is 25.9 Å².